The molecule has 1 aromatic carbocycles. The Morgan fingerprint density at radius 3 is 2.53 bits per heavy atom. The Morgan fingerprint density at radius 2 is 1.97 bits per heavy atom. The maximum absolute atomic E-state index is 12.2. The molecule has 9 nitrogen and oxygen atoms in total. The maximum Gasteiger partial charge on any atom is 0.409 e. The van der Waals surface area contributed by atoms with Gasteiger partial charge in [0.05, 0.1) is 35.7 Å². The predicted molar refractivity (Wildman–Crippen MR) is 112 cm³/mol. The molecular formula is C20H22ClN5O4. The third kappa shape index (κ3) is 4.00. The van der Waals surface area contributed by atoms with Gasteiger partial charge in [0.15, 0.2) is 5.69 Å². The molecule has 1 amide bonds. The van der Waals surface area contributed by atoms with Crippen LogP contribution in [0, 0.1) is 11.3 Å². The molecule has 30 heavy (non-hydrogen) atoms. The van der Waals surface area contributed by atoms with E-state index in [1.807, 2.05) is 12.1 Å². The van der Waals surface area contributed by atoms with Gasteiger partial charge in [0.25, 0.3) is 0 Å². The first-order chi connectivity index (χ1) is 14.4. The highest BCUT2D eigenvalue weighted by Crippen LogP contribution is 2.32. The lowest BCUT2D eigenvalue weighted by Gasteiger charge is -2.35. The minimum Gasteiger partial charge on any atom is -0.464 e. The van der Waals surface area contributed by atoms with Crippen molar-refractivity contribution in [3.8, 4) is 11.8 Å². The summed E-state index contributed by atoms with van der Waals surface area (Å²) in [6, 6.07) is 7.28. The lowest BCUT2D eigenvalue weighted by molar-refractivity contribution is 0.0593. The summed E-state index contributed by atoms with van der Waals surface area (Å²) in [7, 11) is 1.25. The zero-order chi connectivity index (χ0) is 21.8. The zero-order valence-electron chi connectivity index (χ0n) is 16.7. The number of nitrogen functional groups attached to an aromatic ring is 1. The lowest BCUT2D eigenvalue weighted by Crippen LogP contribution is -2.49. The highest BCUT2D eigenvalue weighted by molar-refractivity contribution is 6.33. The van der Waals surface area contributed by atoms with E-state index in [0.717, 1.165) is 5.69 Å². The van der Waals surface area contributed by atoms with Gasteiger partial charge < -0.3 is 29.6 Å². The summed E-state index contributed by atoms with van der Waals surface area (Å²) in [4.78, 5) is 27.8. The second kappa shape index (κ2) is 8.97. The van der Waals surface area contributed by atoms with Crippen molar-refractivity contribution in [2.45, 2.75) is 6.92 Å². The van der Waals surface area contributed by atoms with Gasteiger partial charge in [-0.3, -0.25) is 0 Å². The Kier molecular flexibility index (Phi) is 6.37. The molecular weight excluding hydrogens is 410 g/mol. The molecule has 2 aromatic rings. The molecule has 0 aliphatic carbocycles. The number of benzene rings is 1. The van der Waals surface area contributed by atoms with Crippen LogP contribution >= 0.6 is 11.6 Å². The smallest absolute Gasteiger partial charge is 0.409 e. The third-order valence-electron chi connectivity index (χ3n) is 4.90. The van der Waals surface area contributed by atoms with Gasteiger partial charge in [-0.25, -0.2) is 9.59 Å². The summed E-state index contributed by atoms with van der Waals surface area (Å²) in [5.41, 5.74) is 7.62. The molecule has 1 aromatic heterocycles. The highest BCUT2D eigenvalue weighted by Gasteiger charge is 2.25. The average Bonchev–Trinajstić information content (AvgIpc) is 3.09. The number of esters is 1. The van der Waals surface area contributed by atoms with Crippen molar-refractivity contribution in [3.05, 3.63) is 40.7 Å². The van der Waals surface area contributed by atoms with Crippen molar-refractivity contribution in [3.63, 3.8) is 0 Å². The first-order valence-electron chi connectivity index (χ1n) is 9.37. The van der Waals surface area contributed by atoms with E-state index in [0.29, 0.717) is 43.5 Å². The van der Waals surface area contributed by atoms with Gasteiger partial charge in [-0.15, -0.1) is 0 Å². The molecule has 1 aliphatic rings. The summed E-state index contributed by atoms with van der Waals surface area (Å²) in [6.07, 6.45) is 1.16. The molecule has 0 saturated carbocycles. The quantitative estimate of drug-likeness (QED) is 0.740. The molecule has 2 N–H and O–H groups in total. The van der Waals surface area contributed by atoms with Crippen molar-refractivity contribution in [1.29, 1.82) is 5.26 Å². The van der Waals surface area contributed by atoms with Crippen LogP contribution in [0.2, 0.25) is 5.02 Å². The van der Waals surface area contributed by atoms with Crippen LogP contribution in [0.5, 0.6) is 0 Å². The summed E-state index contributed by atoms with van der Waals surface area (Å²) >= 11 is 6.53. The van der Waals surface area contributed by atoms with Gasteiger partial charge in [-0.1, -0.05) is 11.6 Å². The van der Waals surface area contributed by atoms with E-state index < -0.39 is 5.97 Å². The lowest BCUT2D eigenvalue weighted by atomic mass is 10.2. The molecule has 1 aliphatic heterocycles. The molecule has 2 heterocycles. The van der Waals surface area contributed by atoms with E-state index in [4.69, 9.17) is 26.8 Å². The standard InChI is InChI=1S/C20H22ClN5O4/c1-3-30-20(28)25-8-6-24(7-9-25)16-5-4-14(10-15(16)21)26-12-13(11-22)17(23)18(26)19(27)29-2/h4-5,10,12H,3,6-9,23H2,1-2H3. The monoisotopic (exact) mass is 431 g/mol. The Balaban J connectivity index is 1.85. The molecule has 0 atom stereocenters. The van der Waals surface area contributed by atoms with Gasteiger partial charge in [0, 0.05) is 38.1 Å². The summed E-state index contributed by atoms with van der Waals surface area (Å²) < 4.78 is 11.3. The number of piperazine rings is 1. The third-order valence-corrected chi connectivity index (χ3v) is 5.20. The first kappa shape index (κ1) is 21.3. The number of amides is 1. The van der Waals surface area contributed by atoms with Crippen LogP contribution in [-0.2, 0) is 9.47 Å². The summed E-state index contributed by atoms with van der Waals surface area (Å²) in [6.45, 7) is 4.41. The summed E-state index contributed by atoms with van der Waals surface area (Å²) in [5.74, 6) is -0.649. The van der Waals surface area contributed by atoms with Crippen molar-refractivity contribution in [1.82, 2.24) is 9.47 Å². The van der Waals surface area contributed by atoms with Gasteiger partial charge in [-0.2, -0.15) is 5.26 Å². The number of ether oxygens (including phenoxy) is 2. The number of carbonyl (C=O) groups is 2. The minimum atomic E-state index is -0.649. The first-order valence-corrected chi connectivity index (χ1v) is 9.74. The van der Waals surface area contributed by atoms with Crippen molar-refractivity contribution in [2.24, 2.45) is 0 Å². The number of hydrogen-bond donors (Lipinski definition) is 1. The van der Waals surface area contributed by atoms with E-state index in [1.165, 1.54) is 17.9 Å². The Hall–Kier alpha value is -3.38. The molecule has 3 rings (SSSR count). The maximum atomic E-state index is 12.2. The zero-order valence-corrected chi connectivity index (χ0v) is 17.5. The Bertz CT molecular complexity index is 1010. The molecule has 0 bridgehead atoms. The van der Waals surface area contributed by atoms with Crippen LogP contribution in [0.1, 0.15) is 23.0 Å². The number of methoxy groups -OCH3 is 1. The molecule has 0 spiro atoms. The van der Waals surface area contributed by atoms with Crippen LogP contribution in [-0.4, -0.2) is 61.4 Å². The number of nitriles is 1. The van der Waals surface area contributed by atoms with Crippen molar-refractivity contribution < 1.29 is 19.1 Å². The Morgan fingerprint density at radius 1 is 1.27 bits per heavy atom. The molecule has 0 radical (unpaired) electrons. The number of halogens is 1. The highest BCUT2D eigenvalue weighted by atomic mass is 35.5. The van der Waals surface area contributed by atoms with E-state index >= 15 is 0 Å². The van der Waals surface area contributed by atoms with E-state index in [1.54, 1.807) is 24.0 Å². The van der Waals surface area contributed by atoms with Crippen molar-refractivity contribution in [2.75, 3.05) is 50.5 Å². The van der Waals surface area contributed by atoms with Gasteiger partial charge in [0.2, 0.25) is 0 Å². The van der Waals surface area contributed by atoms with Gasteiger partial charge in [0.1, 0.15) is 6.07 Å². The fourth-order valence-corrected chi connectivity index (χ4v) is 3.66. The van der Waals surface area contributed by atoms with Crippen LogP contribution in [0.3, 0.4) is 0 Å². The van der Waals surface area contributed by atoms with Crippen molar-refractivity contribution >= 4 is 35.0 Å². The molecule has 0 unspecified atom stereocenters. The number of carbonyl (C=O) groups excluding carboxylic acids is 2. The number of nitrogens with two attached hydrogens (primary N) is 1. The van der Waals surface area contributed by atoms with Gasteiger partial charge >= 0.3 is 12.1 Å². The predicted octanol–water partition coefficient (Wildman–Crippen LogP) is 2.65. The normalized spacial score (nSPS) is 13.7. The molecule has 1 fully saturated rings. The van der Waals surface area contributed by atoms with Crippen LogP contribution < -0.4 is 10.6 Å². The minimum absolute atomic E-state index is 0.0552. The van der Waals surface area contributed by atoms with Crippen LogP contribution in [0.25, 0.3) is 5.69 Å². The Labute approximate surface area is 179 Å². The second-order valence-electron chi connectivity index (χ2n) is 6.59. The molecule has 1 saturated heterocycles. The second-order valence-corrected chi connectivity index (χ2v) is 6.99. The fourth-order valence-electron chi connectivity index (χ4n) is 3.37. The number of nitrogens with zero attached hydrogens (tertiary/aromatic N) is 4. The summed E-state index contributed by atoms with van der Waals surface area (Å²) in [5, 5.41) is 9.73. The van der Waals surface area contributed by atoms with E-state index in [9.17, 15) is 14.9 Å². The number of anilines is 2. The van der Waals surface area contributed by atoms with Crippen LogP contribution in [0.4, 0.5) is 16.2 Å². The largest absolute Gasteiger partial charge is 0.464 e. The fraction of sp³-hybridized carbons (Fsp3) is 0.350. The number of hydrogen-bond acceptors (Lipinski definition) is 7. The molecule has 10 heteroatoms. The van der Waals surface area contributed by atoms with Gasteiger partial charge in [-0.05, 0) is 25.1 Å². The molecule has 158 valence electrons. The number of aromatic nitrogens is 1. The van der Waals surface area contributed by atoms with E-state index in [-0.39, 0.29) is 23.0 Å². The van der Waals surface area contributed by atoms with Crippen LogP contribution in [0.15, 0.2) is 24.4 Å². The SMILES string of the molecule is CCOC(=O)N1CCN(c2ccc(-n3cc(C#N)c(N)c3C(=O)OC)cc2Cl)CC1. The van der Waals surface area contributed by atoms with E-state index in [2.05, 4.69) is 4.90 Å². The topological polar surface area (TPSA) is 114 Å². The average molecular weight is 432 g/mol. The number of rotatable bonds is 4.